The number of rotatable bonds is 5. The summed E-state index contributed by atoms with van der Waals surface area (Å²) < 4.78 is 5.81. The van der Waals surface area contributed by atoms with E-state index in [0.717, 1.165) is 68.0 Å². The number of hydrogen-bond donors (Lipinski definition) is 0. The van der Waals surface area contributed by atoms with E-state index in [-0.39, 0.29) is 17.9 Å². The maximum atomic E-state index is 12.9. The lowest BCUT2D eigenvalue weighted by Crippen LogP contribution is -2.52. The summed E-state index contributed by atoms with van der Waals surface area (Å²) in [5, 5.41) is 0. The highest BCUT2D eigenvalue weighted by molar-refractivity contribution is 5.78. The smallest absolute Gasteiger partial charge is 0.260 e. The van der Waals surface area contributed by atoms with Crippen LogP contribution in [0.4, 0.5) is 5.95 Å². The van der Waals surface area contributed by atoms with Gasteiger partial charge in [0.05, 0.1) is 5.69 Å². The molecule has 0 bridgehead atoms. The van der Waals surface area contributed by atoms with Crippen molar-refractivity contribution in [1.29, 1.82) is 0 Å². The molecule has 7 nitrogen and oxygen atoms in total. The predicted molar refractivity (Wildman–Crippen MR) is 138 cm³/mol. The van der Waals surface area contributed by atoms with Crippen molar-refractivity contribution >= 4 is 11.9 Å². The molecular weight excluding hydrogens is 438 g/mol. The number of hydrogen-bond acceptors (Lipinski definition) is 6. The molecule has 3 heterocycles. The molecule has 188 valence electrons. The van der Waals surface area contributed by atoms with Gasteiger partial charge in [0.25, 0.3) is 5.91 Å². The Kier molecular flexibility index (Phi) is 6.96. The first-order valence-corrected chi connectivity index (χ1v) is 13.2. The number of carbonyl (C=O) groups is 1. The lowest BCUT2D eigenvalue weighted by molar-refractivity contribution is -0.133. The fraction of sp³-hybridized carbons (Fsp3) is 0.607. The summed E-state index contributed by atoms with van der Waals surface area (Å²) in [5.74, 6) is 1.61. The first-order valence-electron chi connectivity index (χ1n) is 13.2. The molecule has 2 aromatic rings. The van der Waals surface area contributed by atoms with Gasteiger partial charge in [-0.25, -0.2) is 9.97 Å². The van der Waals surface area contributed by atoms with Crippen LogP contribution in [0, 0.1) is 0 Å². The zero-order valence-electron chi connectivity index (χ0n) is 21.5. The summed E-state index contributed by atoms with van der Waals surface area (Å²) in [4.78, 5) is 29.4. The highest BCUT2D eigenvalue weighted by Gasteiger charge is 2.29. The Balaban J connectivity index is 1.13. The van der Waals surface area contributed by atoms with Gasteiger partial charge >= 0.3 is 0 Å². The summed E-state index contributed by atoms with van der Waals surface area (Å²) in [5.41, 5.74) is 3.60. The van der Waals surface area contributed by atoms with Crippen LogP contribution in [-0.4, -0.2) is 77.6 Å². The quantitative estimate of drug-likeness (QED) is 0.657. The Bertz CT molecular complexity index is 1020. The van der Waals surface area contributed by atoms with Crippen LogP contribution < -0.4 is 9.64 Å². The fourth-order valence-electron chi connectivity index (χ4n) is 5.19. The number of carbonyl (C=O) groups excluding carboxylic acids is 1. The Morgan fingerprint density at radius 1 is 1.00 bits per heavy atom. The molecule has 1 aromatic carbocycles. The van der Waals surface area contributed by atoms with Crippen LogP contribution in [-0.2, 0) is 23.1 Å². The van der Waals surface area contributed by atoms with Crippen LogP contribution in [0.1, 0.15) is 56.9 Å². The molecule has 1 saturated carbocycles. The summed E-state index contributed by atoms with van der Waals surface area (Å²) in [6.45, 7) is 12.2. The number of fused-ring (bicyclic) bond motifs is 1. The van der Waals surface area contributed by atoms with Gasteiger partial charge in [-0.1, -0.05) is 39.3 Å². The van der Waals surface area contributed by atoms with E-state index in [4.69, 9.17) is 14.7 Å². The summed E-state index contributed by atoms with van der Waals surface area (Å²) in [6, 6.07) is 8.86. The molecule has 3 aliphatic rings. The van der Waals surface area contributed by atoms with Gasteiger partial charge in [0.15, 0.2) is 6.61 Å². The normalized spacial score (nSPS) is 19.6. The van der Waals surface area contributed by atoms with E-state index >= 15 is 0 Å². The first-order chi connectivity index (χ1) is 16.9. The van der Waals surface area contributed by atoms with Crippen molar-refractivity contribution in [3.8, 4) is 5.75 Å². The number of amides is 1. The second kappa shape index (κ2) is 10.1. The average Bonchev–Trinajstić information content (AvgIpc) is 3.04. The van der Waals surface area contributed by atoms with Gasteiger partial charge in [-0.2, -0.15) is 0 Å². The molecule has 0 spiro atoms. The third-order valence-corrected chi connectivity index (χ3v) is 7.83. The number of ether oxygens (including phenoxy) is 1. The van der Waals surface area contributed by atoms with E-state index in [9.17, 15) is 4.79 Å². The Morgan fingerprint density at radius 2 is 1.71 bits per heavy atom. The molecule has 5 rings (SSSR count). The molecule has 0 N–H and O–H groups in total. The zero-order chi connectivity index (χ0) is 24.4. The SMILES string of the molecule is CC(C)(C)c1ccc(OCC(=O)N2CCc3cnc(N4CCN(C5CCC5)CC4)nc3CC2)cc1. The number of anilines is 1. The predicted octanol–water partition coefficient (Wildman–Crippen LogP) is 3.45. The van der Waals surface area contributed by atoms with E-state index in [1.165, 1.54) is 24.8 Å². The molecule has 0 atom stereocenters. The van der Waals surface area contributed by atoms with Crippen molar-refractivity contribution in [2.24, 2.45) is 0 Å². The van der Waals surface area contributed by atoms with Crippen molar-refractivity contribution in [3.63, 3.8) is 0 Å². The largest absolute Gasteiger partial charge is 0.484 e. The van der Waals surface area contributed by atoms with Crippen LogP contribution in [0.2, 0.25) is 0 Å². The summed E-state index contributed by atoms with van der Waals surface area (Å²) >= 11 is 0. The Labute approximate surface area is 209 Å². The fourth-order valence-corrected chi connectivity index (χ4v) is 5.19. The van der Waals surface area contributed by atoms with Crippen molar-refractivity contribution in [2.45, 2.75) is 64.3 Å². The van der Waals surface area contributed by atoms with Crippen molar-refractivity contribution in [2.75, 3.05) is 50.8 Å². The molecule has 0 radical (unpaired) electrons. The summed E-state index contributed by atoms with van der Waals surface area (Å²) in [7, 11) is 0. The minimum atomic E-state index is 0.0259. The lowest BCUT2D eigenvalue weighted by Gasteiger charge is -2.43. The third-order valence-electron chi connectivity index (χ3n) is 7.83. The number of piperazine rings is 1. The molecule has 7 heteroatoms. The molecule has 1 amide bonds. The third kappa shape index (κ3) is 5.61. The highest BCUT2D eigenvalue weighted by atomic mass is 16.5. The molecule has 1 aliphatic carbocycles. The van der Waals surface area contributed by atoms with Crippen molar-refractivity contribution < 1.29 is 9.53 Å². The Morgan fingerprint density at radius 3 is 2.37 bits per heavy atom. The Hall–Kier alpha value is -2.67. The second-order valence-electron chi connectivity index (χ2n) is 11.2. The summed E-state index contributed by atoms with van der Waals surface area (Å²) in [6.07, 6.45) is 7.64. The maximum Gasteiger partial charge on any atom is 0.260 e. The van der Waals surface area contributed by atoms with Gasteiger partial charge in [0, 0.05) is 57.9 Å². The van der Waals surface area contributed by atoms with Gasteiger partial charge in [-0.05, 0) is 47.9 Å². The molecule has 2 fully saturated rings. The standard InChI is InChI=1S/C28H39N5O2/c1-28(2,3)22-7-9-24(10-8-22)35-20-26(34)32-13-11-21-19-29-27(30-25(21)12-14-32)33-17-15-31(16-18-33)23-5-4-6-23/h7-10,19,23H,4-6,11-18,20H2,1-3H3. The van der Waals surface area contributed by atoms with Crippen molar-refractivity contribution in [3.05, 3.63) is 47.3 Å². The van der Waals surface area contributed by atoms with Gasteiger partial charge in [0.1, 0.15) is 5.75 Å². The van der Waals surface area contributed by atoms with Crippen LogP contribution >= 0.6 is 0 Å². The van der Waals surface area contributed by atoms with Gasteiger partial charge in [-0.15, -0.1) is 0 Å². The van der Waals surface area contributed by atoms with Crippen LogP contribution in [0.5, 0.6) is 5.75 Å². The molecule has 2 aliphatic heterocycles. The van der Waals surface area contributed by atoms with E-state index in [1.54, 1.807) is 0 Å². The highest BCUT2D eigenvalue weighted by Crippen LogP contribution is 2.27. The number of benzene rings is 1. The van der Waals surface area contributed by atoms with Crippen molar-refractivity contribution in [1.82, 2.24) is 19.8 Å². The van der Waals surface area contributed by atoms with Gasteiger partial charge in [0.2, 0.25) is 5.95 Å². The first kappa shape index (κ1) is 24.0. The molecule has 1 saturated heterocycles. The molecule has 35 heavy (non-hydrogen) atoms. The minimum Gasteiger partial charge on any atom is -0.484 e. The average molecular weight is 478 g/mol. The molecule has 0 unspecified atom stereocenters. The topological polar surface area (TPSA) is 61.8 Å². The number of aromatic nitrogens is 2. The van der Waals surface area contributed by atoms with Crippen LogP contribution in [0.25, 0.3) is 0 Å². The van der Waals surface area contributed by atoms with E-state index in [0.29, 0.717) is 13.1 Å². The lowest BCUT2D eigenvalue weighted by atomic mass is 9.87. The van der Waals surface area contributed by atoms with E-state index in [2.05, 4.69) is 42.7 Å². The number of nitrogens with zero attached hydrogens (tertiary/aromatic N) is 5. The zero-order valence-corrected chi connectivity index (χ0v) is 21.5. The van der Waals surface area contributed by atoms with Gasteiger partial charge in [-0.3, -0.25) is 9.69 Å². The monoisotopic (exact) mass is 477 g/mol. The van der Waals surface area contributed by atoms with Crippen LogP contribution in [0.3, 0.4) is 0 Å². The minimum absolute atomic E-state index is 0.0259. The van der Waals surface area contributed by atoms with Gasteiger partial charge < -0.3 is 14.5 Å². The second-order valence-corrected chi connectivity index (χ2v) is 11.2. The molecule has 1 aromatic heterocycles. The molecular formula is C28H39N5O2. The van der Waals surface area contributed by atoms with Crippen LogP contribution in [0.15, 0.2) is 30.5 Å². The van der Waals surface area contributed by atoms with E-state index in [1.807, 2.05) is 23.2 Å². The maximum absolute atomic E-state index is 12.9. The van der Waals surface area contributed by atoms with E-state index < -0.39 is 0 Å².